The normalized spacial score (nSPS) is 10.9. The predicted molar refractivity (Wildman–Crippen MR) is 62.0 cm³/mol. The van der Waals surface area contributed by atoms with Crippen LogP contribution in [0.4, 0.5) is 0 Å². The minimum Gasteiger partial charge on any atom is -0.373 e. The smallest absolute Gasteiger partial charge is 0.128 e. The number of aliphatic imine (C=N–C) groups is 1. The third-order valence-electron chi connectivity index (χ3n) is 2.26. The molecule has 0 aliphatic carbocycles. The second kappa shape index (κ2) is 5.16. The lowest BCUT2D eigenvalue weighted by molar-refractivity contribution is 1.06. The predicted octanol–water partition coefficient (Wildman–Crippen LogP) is 1.85. The summed E-state index contributed by atoms with van der Waals surface area (Å²) in [5.74, 6) is 0.840. The molecule has 0 saturated carbocycles. The lowest BCUT2D eigenvalue weighted by Crippen LogP contribution is -2.21. The van der Waals surface area contributed by atoms with Crippen LogP contribution in [0.25, 0.3) is 0 Å². The molecule has 0 spiro atoms. The first-order valence-electron chi connectivity index (χ1n) is 4.96. The van der Waals surface area contributed by atoms with E-state index in [1.54, 1.807) is 0 Å². The Labute approximate surface area is 90.5 Å². The summed E-state index contributed by atoms with van der Waals surface area (Å²) >= 11 is 0. The van der Waals surface area contributed by atoms with E-state index in [4.69, 9.17) is 5.26 Å². The zero-order valence-electron chi connectivity index (χ0n) is 9.33. The fourth-order valence-corrected chi connectivity index (χ4v) is 1.47. The van der Waals surface area contributed by atoms with Crippen molar-refractivity contribution in [2.24, 2.45) is 4.99 Å². The Kier molecular flexibility index (Phi) is 3.87. The van der Waals surface area contributed by atoms with Gasteiger partial charge in [0.25, 0.3) is 0 Å². The van der Waals surface area contributed by atoms with Crippen LogP contribution in [-0.2, 0) is 0 Å². The SMILES string of the molecule is CC/N=C(\NC)c1cccc(C#N)c1C. The fourth-order valence-electron chi connectivity index (χ4n) is 1.47. The highest BCUT2D eigenvalue weighted by molar-refractivity contribution is 6.00. The van der Waals surface area contributed by atoms with Gasteiger partial charge in [-0.2, -0.15) is 5.26 Å². The molecule has 0 bridgehead atoms. The Morgan fingerprint density at radius 1 is 1.53 bits per heavy atom. The summed E-state index contributed by atoms with van der Waals surface area (Å²) in [6.45, 7) is 4.66. The monoisotopic (exact) mass is 201 g/mol. The van der Waals surface area contributed by atoms with Crippen LogP contribution in [0.1, 0.15) is 23.6 Å². The number of nitrogens with zero attached hydrogens (tertiary/aromatic N) is 2. The van der Waals surface area contributed by atoms with Gasteiger partial charge in [0.15, 0.2) is 0 Å². The summed E-state index contributed by atoms with van der Waals surface area (Å²) in [6.07, 6.45) is 0. The van der Waals surface area contributed by atoms with E-state index in [1.807, 2.05) is 39.1 Å². The third kappa shape index (κ3) is 2.35. The first kappa shape index (κ1) is 11.3. The zero-order chi connectivity index (χ0) is 11.3. The molecular weight excluding hydrogens is 186 g/mol. The number of rotatable bonds is 2. The molecule has 15 heavy (non-hydrogen) atoms. The summed E-state index contributed by atoms with van der Waals surface area (Å²) < 4.78 is 0. The summed E-state index contributed by atoms with van der Waals surface area (Å²) in [5, 5.41) is 12.0. The number of hydrogen-bond donors (Lipinski definition) is 1. The number of benzene rings is 1. The number of amidine groups is 1. The summed E-state index contributed by atoms with van der Waals surface area (Å²) in [7, 11) is 1.84. The van der Waals surface area contributed by atoms with Gasteiger partial charge in [0.1, 0.15) is 5.84 Å². The average molecular weight is 201 g/mol. The molecule has 1 aromatic rings. The van der Waals surface area contributed by atoms with Crippen LogP contribution in [0.5, 0.6) is 0 Å². The molecular formula is C12H15N3. The van der Waals surface area contributed by atoms with Gasteiger partial charge in [-0.15, -0.1) is 0 Å². The molecule has 1 N–H and O–H groups in total. The van der Waals surface area contributed by atoms with Crippen LogP contribution in [0.3, 0.4) is 0 Å². The molecule has 1 aromatic carbocycles. The summed E-state index contributed by atoms with van der Waals surface area (Å²) in [6, 6.07) is 7.84. The van der Waals surface area contributed by atoms with Crippen LogP contribution in [0.15, 0.2) is 23.2 Å². The van der Waals surface area contributed by atoms with Crippen molar-refractivity contribution in [2.75, 3.05) is 13.6 Å². The fraction of sp³-hybridized carbons (Fsp3) is 0.333. The second-order valence-corrected chi connectivity index (χ2v) is 3.16. The Morgan fingerprint density at radius 2 is 2.27 bits per heavy atom. The first-order valence-corrected chi connectivity index (χ1v) is 4.96. The molecule has 0 heterocycles. The molecule has 0 radical (unpaired) electrons. The highest BCUT2D eigenvalue weighted by Gasteiger charge is 2.07. The van der Waals surface area contributed by atoms with Crippen LogP contribution in [-0.4, -0.2) is 19.4 Å². The topological polar surface area (TPSA) is 48.2 Å². The van der Waals surface area contributed by atoms with E-state index >= 15 is 0 Å². The standard InChI is InChI=1S/C12H15N3/c1-4-15-12(14-3)11-7-5-6-10(8-13)9(11)2/h5-7H,4H2,1-3H3,(H,14,15). The maximum absolute atomic E-state index is 8.92. The van der Waals surface area contributed by atoms with E-state index in [0.717, 1.165) is 23.5 Å². The van der Waals surface area contributed by atoms with E-state index in [-0.39, 0.29) is 0 Å². The number of hydrogen-bond acceptors (Lipinski definition) is 2. The molecule has 0 aromatic heterocycles. The Hall–Kier alpha value is -1.82. The molecule has 1 rings (SSSR count). The van der Waals surface area contributed by atoms with Gasteiger partial charge in [-0.25, -0.2) is 0 Å². The van der Waals surface area contributed by atoms with Gasteiger partial charge < -0.3 is 5.32 Å². The quantitative estimate of drug-likeness (QED) is 0.586. The van der Waals surface area contributed by atoms with E-state index in [2.05, 4.69) is 16.4 Å². The molecule has 0 saturated heterocycles. The summed E-state index contributed by atoms with van der Waals surface area (Å²) in [5.41, 5.74) is 2.67. The largest absolute Gasteiger partial charge is 0.373 e. The first-order chi connectivity index (χ1) is 7.24. The van der Waals surface area contributed by atoms with Crippen molar-refractivity contribution < 1.29 is 0 Å². The van der Waals surface area contributed by atoms with Gasteiger partial charge in [-0.05, 0) is 25.5 Å². The lowest BCUT2D eigenvalue weighted by Gasteiger charge is -2.09. The Morgan fingerprint density at radius 3 is 2.80 bits per heavy atom. The minimum absolute atomic E-state index is 0.701. The highest BCUT2D eigenvalue weighted by atomic mass is 15.0. The second-order valence-electron chi connectivity index (χ2n) is 3.16. The Bertz CT molecular complexity index is 413. The molecule has 3 nitrogen and oxygen atoms in total. The van der Waals surface area contributed by atoms with Crippen molar-refractivity contribution in [3.63, 3.8) is 0 Å². The Balaban J connectivity index is 3.26. The van der Waals surface area contributed by atoms with E-state index < -0.39 is 0 Å². The molecule has 3 heteroatoms. The van der Waals surface area contributed by atoms with Crippen molar-refractivity contribution in [1.29, 1.82) is 5.26 Å². The zero-order valence-corrected chi connectivity index (χ0v) is 9.33. The molecule has 0 aliphatic heterocycles. The van der Waals surface area contributed by atoms with Gasteiger partial charge in [0, 0.05) is 19.2 Å². The van der Waals surface area contributed by atoms with E-state index in [1.165, 1.54) is 0 Å². The van der Waals surface area contributed by atoms with E-state index in [9.17, 15) is 0 Å². The third-order valence-corrected chi connectivity index (χ3v) is 2.26. The summed E-state index contributed by atoms with van der Waals surface area (Å²) in [4.78, 5) is 4.35. The molecule has 0 aliphatic rings. The van der Waals surface area contributed by atoms with Crippen molar-refractivity contribution in [3.05, 3.63) is 34.9 Å². The molecule has 0 fully saturated rings. The highest BCUT2D eigenvalue weighted by Crippen LogP contribution is 2.13. The molecule has 78 valence electrons. The molecule has 0 amide bonds. The van der Waals surface area contributed by atoms with Crippen molar-refractivity contribution in [1.82, 2.24) is 5.32 Å². The van der Waals surface area contributed by atoms with Crippen LogP contribution in [0, 0.1) is 18.3 Å². The lowest BCUT2D eigenvalue weighted by atomic mass is 10.0. The van der Waals surface area contributed by atoms with Gasteiger partial charge in [0.05, 0.1) is 11.6 Å². The van der Waals surface area contributed by atoms with Gasteiger partial charge in [-0.3, -0.25) is 4.99 Å². The molecule has 0 atom stereocenters. The van der Waals surface area contributed by atoms with Crippen molar-refractivity contribution in [3.8, 4) is 6.07 Å². The van der Waals surface area contributed by atoms with Crippen LogP contribution >= 0.6 is 0 Å². The number of nitriles is 1. The van der Waals surface area contributed by atoms with Crippen molar-refractivity contribution >= 4 is 5.84 Å². The van der Waals surface area contributed by atoms with Gasteiger partial charge >= 0.3 is 0 Å². The van der Waals surface area contributed by atoms with Gasteiger partial charge in [-0.1, -0.05) is 12.1 Å². The number of nitrogens with one attached hydrogen (secondary N) is 1. The maximum atomic E-state index is 8.92. The maximum Gasteiger partial charge on any atom is 0.128 e. The van der Waals surface area contributed by atoms with Crippen LogP contribution in [0.2, 0.25) is 0 Å². The molecule has 0 unspecified atom stereocenters. The van der Waals surface area contributed by atoms with Crippen molar-refractivity contribution in [2.45, 2.75) is 13.8 Å². The average Bonchev–Trinajstić information content (AvgIpc) is 2.27. The minimum atomic E-state index is 0.701. The van der Waals surface area contributed by atoms with Crippen LogP contribution < -0.4 is 5.32 Å². The van der Waals surface area contributed by atoms with E-state index in [0.29, 0.717) is 5.56 Å². The van der Waals surface area contributed by atoms with Gasteiger partial charge in [0.2, 0.25) is 0 Å².